The zero-order chi connectivity index (χ0) is 16.8. The van der Waals surface area contributed by atoms with Crippen molar-refractivity contribution in [2.24, 2.45) is 10.9 Å². The van der Waals surface area contributed by atoms with Gasteiger partial charge in [-0.25, -0.2) is 9.98 Å². The molecule has 0 saturated carbocycles. The summed E-state index contributed by atoms with van der Waals surface area (Å²) < 4.78 is 0. The molecule has 5 nitrogen and oxygen atoms in total. The Morgan fingerprint density at radius 2 is 2.12 bits per heavy atom. The van der Waals surface area contributed by atoms with Crippen LogP contribution in [0.1, 0.15) is 45.1 Å². The Bertz CT molecular complexity index is 550. The summed E-state index contributed by atoms with van der Waals surface area (Å²) in [6.07, 6.45) is 7.08. The molecule has 0 spiro atoms. The first-order valence-corrected chi connectivity index (χ1v) is 9.49. The fraction of sp³-hybridized carbons (Fsp3) is 0.684. The van der Waals surface area contributed by atoms with Crippen LogP contribution in [0, 0.1) is 5.92 Å². The summed E-state index contributed by atoms with van der Waals surface area (Å²) in [6, 6.07) is 4.29. The maximum absolute atomic E-state index is 4.89. The van der Waals surface area contributed by atoms with Crippen LogP contribution in [0.25, 0.3) is 0 Å². The van der Waals surface area contributed by atoms with E-state index in [1.807, 2.05) is 6.20 Å². The molecule has 1 atom stereocenters. The topological polar surface area (TPSA) is 43.8 Å². The van der Waals surface area contributed by atoms with E-state index in [4.69, 9.17) is 4.99 Å². The molecule has 0 amide bonds. The number of rotatable bonds is 4. The maximum atomic E-state index is 4.89. The van der Waals surface area contributed by atoms with Gasteiger partial charge in [0, 0.05) is 38.9 Å². The number of piperidine rings is 1. The summed E-state index contributed by atoms with van der Waals surface area (Å²) in [7, 11) is 0. The summed E-state index contributed by atoms with van der Waals surface area (Å²) >= 11 is 0. The van der Waals surface area contributed by atoms with E-state index in [1.165, 1.54) is 31.2 Å². The van der Waals surface area contributed by atoms with Crippen molar-refractivity contribution in [1.29, 1.82) is 0 Å². The lowest BCUT2D eigenvalue weighted by Crippen LogP contribution is -2.46. The zero-order valence-electron chi connectivity index (χ0n) is 15.2. The molecule has 1 unspecified atom stereocenters. The van der Waals surface area contributed by atoms with Gasteiger partial charge in [0.05, 0.1) is 6.54 Å². The zero-order valence-corrected chi connectivity index (χ0v) is 15.2. The lowest BCUT2D eigenvalue weighted by atomic mass is 10.0. The van der Waals surface area contributed by atoms with Gasteiger partial charge >= 0.3 is 0 Å². The predicted octanol–water partition coefficient (Wildman–Crippen LogP) is 2.88. The van der Waals surface area contributed by atoms with E-state index in [0.717, 1.165) is 57.0 Å². The second-order valence-corrected chi connectivity index (χ2v) is 7.08. The quantitative estimate of drug-likeness (QED) is 0.681. The lowest BCUT2D eigenvalue weighted by Gasteiger charge is -2.33. The number of nitrogens with one attached hydrogen (secondary N) is 1. The van der Waals surface area contributed by atoms with Gasteiger partial charge in [0.2, 0.25) is 0 Å². The van der Waals surface area contributed by atoms with Crippen molar-refractivity contribution in [3.05, 3.63) is 23.9 Å². The van der Waals surface area contributed by atoms with E-state index in [-0.39, 0.29) is 0 Å². The summed E-state index contributed by atoms with van der Waals surface area (Å²) in [6.45, 7) is 10.6. The highest BCUT2D eigenvalue weighted by molar-refractivity contribution is 5.80. The van der Waals surface area contributed by atoms with Crippen molar-refractivity contribution >= 4 is 11.8 Å². The standard InChI is InChI=1S/C19H31N5/c1-3-20-19(24-12-6-7-16(2)15-24)22-14-17-8-9-21-18(13-17)23-10-4-5-11-23/h8-9,13,16H,3-7,10-12,14-15H2,1-2H3,(H,20,22). The molecule has 2 aliphatic heterocycles. The van der Waals surface area contributed by atoms with Gasteiger partial charge in [0.15, 0.2) is 5.96 Å². The maximum Gasteiger partial charge on any atom is 0.194 e. The molecule has 1 N–H and O–H groups in total. The molecule has 24 heavy (non-hydrogen) atoms. The number of guanidine groups is 1. The number of nitrogens with zero attached hydrogens (tertiary/aromatic N) is 4. The van der Waals surface area contributed by atoms with E-state index in [2.05, 4.69) is 46.1 Å². The van der Waals surface area contributed by atoms with E-state index >= 15 is 0 Å². The lowest BCUT2D eigenvalue weighted by molar-refractivity contribution is 0.266. The minimum absolute atomic E-state index is 0.719. The Labute approximate surface area is 146 Å². The largest absolute Gasteiger partial charge is 0.357 e. The molecule has 5 heteroatoms. The first-order valence-electron chi connectivity index (χ1n) is 9.49. The third kappa shape index (κ3) is 4.40. The number of hydrogen-bond acceptors (Lipinski definition) is 3. The van der Waals surface area contributed by atoms with Crippen molar-refractivity contribution < 1.29 is 0 Å². The first-order chi connectivity index (χ1) is 11.8. The van der Waals surface area contributed by atoms with Crippen molar-refractivity contribution in [2.75, 3.05) is 37.6 Å². The van der Waals surface area contributed by atoms with Crippen LogP contribution in [0.2, 0.25) is 0 Å². The van der Waals surface area contributed by atoms with Gasteiger partial charge in [-0.15, -0.1) is 0 Å². The molecule has 1 aromatic rings. The third-order valence-corrected chi connectivity index (χ3v) is 4.94. The van der Waals surface area contributed by atoms with Crippen LogP contribution in [-0.4, -0.2) is 48.6 Å². The molecule has 1 aromatic heterocycles. The Morgan fingerprint density at radius 1 is 1.29 bits per heavy atom. The Hall–Kier alpha value is -1.78. The molecule has 2 saturated heterocycles. The van der Waals surface area contributed by atoms with Crippen LogP contribution in [0.15, 0.2) is 23.3 Å². The SMILES string of the molecule is CCNC(=NCc1ccnc(N2CCCC2)c1)N1CCCC(C)C1. The highest BCUT2D eigenvalue weighted by Crippen LogP contribution is 2.19. The molecule has 0 aromatic carbocycles. The van der Waals surface area contributed by atoms with Crippen molar-refractivity contribution in [3.63, 3.8) is 0 Å². The predicted molar refractivity (Wildman–Crippen MR) is 100 cm³/mol. The number of likely N-dealkylation sites (tertiary alicyclic amines) is 1. The van der Waals surface area contributed by atoms with Gasteiger partial charge in [-0.3, -0.25) is 0 Å². The normalized spacial score (nSPS) is 22.1. The molecule has 2 aliphatic rings. The summed E-state index contributed by atoms with van der Waals surface area (Å²) in [5.41, 5.74) is 1.24. The van der Waals surface area contributed by atoms with Crippen LogP contribution in [-0.2, 0) is 6.54 Å². The van der Waals surface area contributed by atoms with Crippen LogP contribution in [0.3, 0.4) is 0 Å². The Balaban J connectivity index is 1.68. The Morgan fingerprint density at radius 3 is 2.88 bits per heavy atom. The molecule has 2 fully saturated rings. The third-order valence-electron chi connectivity index (χ3n) is 4.94. The van der Waals surface area contributed by atoms with Crippen molar-refractivity contribution in [1.82, 2.24) is 15.2 Å². The molecule has 3 rings (SSSR count). The van der Waals surface area contributed by atoms with E-state index in [0.29, 0.717) is 0 Å². The number of aliphatic imine (C=N–C) groups is 1. The van der Waals surface area contributed by atoms with Crippen LogP contribution < -0.4 is 10.2 Å². The van der Waals surface area contributed by atoms with Crippen LogP contribution >= 0.6 is 0 Å². The average molecular weight is 329 g/mol. The molecule has 0 aliphatic carbocycles. The molecule has 132 valence electrons. The summed E-state index contributed by atoms with van der Waals surface area (Å²) in [4.78, 5) is 14.2. The number of anilines is 1. The van der Waals surface area contributed by atoms with Gasteiger partial charge in [-0.2, -0.15) is 0 Å². The van der Waals surface area contributed by atoms with E-state index in [1.54, 1.807) is 0 Å². The summed E-state index contributed by atoms with van der Waals surface area (Å²) in [5, 5.41) is 3.46. The van der Waals surface area contributed by atoms with Gasteiger partial charge < -0.3 is 15.1 Å². The molecule has 0 bridgehead atoms. The summed E-state index contributed by atoms with van der Waals surface area (Å²) in [5.74, 6) is 2.92. The Kier molecular flexibility index (Phi) is 5.94. The molecule has 0 radical (unpaired) electrons. The van der Waals surface area contributed by atoms with Crippen LogP contribution in [0.4, 0.5) is 5.82 Å². The average Bonchev–Trinajstić information content (AvgIpc) is 3.13. The second-order valence-electron chi connectivity index (χ2n) is 7.08. The fourth-order valence-electron chi connectivity index (χ4n) is 3.65. The van der Waals surface area contributed by atoms with Gasteiger partial charge in [0.25, 0.3) is 0 Å². The second kappa shape index (κ2) is 8.36. The van der Waals surface area contributed by atoms with Crippen molar-refractivity contribution in [3.8, 4) is 0 Å². The number of aromatic nitrogens is 1. The first kappa shape index (κ1) is 17.1. The van der Waals surface area contributed by atoms with Crippen molar-refractivity contribution in [2.45, 2.75) is 46.1 Å². The van der Waals surface area contributed by atoms with E-state index < -0.39 is 0 Å². The van der Waals surface area contributed by atoms with Crippen LogP contribution in [0.5, 0.6) is 0 Å². The molecular formula is C19H31N5. The molecular weight excluding hydrogens is 298 g/mol. The highest BCUT2D eigenvalue weighted by Gasteiger charge is 2.19. The smallest absolute Gasteiger partial charge is 0.194 e. The number of pyridine rings is 1. The minimum Gasteiger partial charge on any atom is -0.357 e. The van der Waals surface area contributed by atoms with Gasteiger partial charge in [-0.1, -0.05) is 6.92 Å². The minimum atomic E-state index is 0.719. The fourth-order valence-corrected chi connectivity index (χ4v) is 3.65. The van der Waals surface area contributed by atoms with E-state index in [9.17, 15) is 0 Å². The van der Waals surface area contributed by atoms with Gasteiger partial charge in [-0.05, 0) is 56.2 Å². The monoisotopic (exact) mass is 329 g/mol. The number of hydrogen-bond donors (Lipinski definition) is 1. The van der Waals surface area contributed by atoms with Gasteiger partial charge in [0.1, 0.15) is 5.82 Å². The molecule has 3 heterocycles. The highest BCUT2D eigenvalue weighted by atomic mass is 15.3.